The zero-order chi connectivity index (χ0) is 11.5. The van der Waals surface area contributed by atoms with Crippen molar-refractivity contribution < 1.29 is 19.4 Å². The van der Waals surface area contributed by atoms with Crippen LogP contribution in [0.3, 0.4) is 0 Å². The molecule has 0 spiro atoms. The summed E-state index contributed by atoms with van der Waals surface area (Å²) in [5.74, 6) is -1.30. The summed E-state index contributed by atoms with van der Waals surface area (Å²) in [7, 11) is 0. The average Bonchev–Trinajstić information content (AvgIpc) is 2.28. The lowest BCUT2D eigenvalue weighted by atomic mass is 9.92. The Morgan fingerprint density at radius 3 is 2.88 bits per heavy atom. The molecule has 1 aliphatic heterocycles. The van der Waals surface area contributed by atoms with Crippen LogP contribution in [0.4, 0.5) is 0 Å². The minimum Gasteiger partial charge on any atom is -0.493 e. The van der Waals surface area contributed by atoms with E-state index in [-0.39, 0.29) is 12.3 Å². The maximum Gasteiger partial charge on any atom is 0.372 e. The molecule has 0 aliphatic carbocycles. The third-order valence-corrected chi connectivity index (χ3v) is 2.67. The van der Waals surface area contributed by atoms with Crippen LogP contribution < -0.4 is 4.74 Å². The lowest BCUT2D eigenvalue weighted by Crippen LogP contribution is -2.26. The van der Waals surface area contributed by atoms with Gasteiger partial charge in [-0.2, -0.15) is 0 Å². The van der Waals surface area contributed by atoms with E-state index in [1.165, 1.54) is 0 Å². The third kappa shape index (κ3) is 2.21. The minimum atomic E-state index is -1.36. The predicted octanol–water partition coefficient (Wildman–Crippen LogP) is 1.28. The maximum atomic E-state index is 11.1. The first-order valence-corrected chi connectivity index (χ1v) is 5.13. The number of hydrogen-bond donors (Lipinski definition) is 1. The monoisotopic (exact) mass is 220 g/mol. The largest absolute Gasteiger partial charge is 0.493 e. The molecule has 16 heavy (non-hydrogen) atoms. The smallest absolute Gasteiger partial charge is 0.372 e. The molecule has 84 valence electrons. The van der Waals surface area contributed by atoms with Crippen molar-refractivity contribution in [3.8, 4) is 5.75 Å². The summed E-state index contributed by atoms with van der Waals surface area (Å²) in [5, 5.41) is 8.52. The van der Waals surface area contributed by atoms with Gasteiger partial charge >= 0.3 is 5.97 Å². The van der Waals surface area contributed by atoms with E-state index in [9.17, 15) is 9.59 Å². The fraction of sp³-hybridized carbons (Fsp3) is 0.333. The molecule has 0 bridgehead atoms. The fourth-order valence-corrected chi connectivity index (χ4v) is 1.87. The quantitative estimate of drug-likeness (QED) is 0.779. The highest BCUT2D eigenvalue weighted by molar-refractivity contribution is 6.32. The summed E-state index contributed by atoms with van der Waals surface area (Å²) in [6.45, 7) is 0.413. The number of ether oxygens (including phenoxy) is 1. The number of carbonyl (C=O) groups is 2. The Labute approximate surface area is 92.8 Å². The molecule has 1 heterocycles. The number of Topliss-reactive ketones (excluding diaryl/α,β-unsaturated/α-hetero) is 1. The van der Waals surface area contributed by atoms with Gasteiger partial charge in [0.15, 0.2) is 0 Å². The molecule has 4 nitrogen and oxygen atoms in total. The number of carboxylic acids is 1. The lowest BCUT2D eigenvalue weighted by Gasteiger charge is -2.24. The van der Waals surface area contributed by atoms with Crippen LogP contribution in [0.2, 0.25) is 0 Å². The van der Waals surface area contributed by atoms with Crippen molar-refractivity contribution in [1.82, 2.24) is 0 Å². The van der Waals surface area contributed by atoms with Gasteiger partial charge in [-0.15, -0.1) is 0 Å². The first-order valence-electron chi connectivity index (χ1n) is 5.13. The number of carbonyl (C=O) groups excluding carboxylic acids is 1. The van der Waals surface area contributed by atoms with Crippen molar-refractivity contribution in [2.75, 3.05) is 6.61 Å². The molecule has 0 aromatic heterocycles. The van der Waals surface area contributed by atoms with Gasteiger partial charge in [0.2, 0.25) is 5.78 Å². The molecule has 0 saturated carbocycles. The zero-order valence-corrected chi connectivity index (χ0v) is 8.68. The maximum absolute atomic E-state index is 11.1. The van der Waals surface area contributed by atoms with Crippen molar-refractivity contribution in [3.05, 3.63) is 29.8 Å². The van der Waals surface area contributed by atoms with Gasteiger partial charge in [0, 0.05) is 12.3 Å². The first kappa shape index (κ1) is 10.7. The molecule has 1 aromatic rings. The molecule has 1 aromatic carbocycles. The molecule has 0 amide bonds. The number of rotatable bonds is 3. The zero-order valence-electron chi connectivity index (χ0n) is 8.68. The van der Waals surface area contributed by atoms with E-state index in [1.807, 2.05) is 24.3 Å². The Morgan fingerprint density at radius 2 is 2.12 bits per heavy atom. The van der Waals surface area contributed by atoms with Crippen molar-refractivity contribution in [2.24, 2.45) is 5.92 Å². The van der Waals surface area contributed by atoms with Gasteiger partial charge in [0.25, 0.3) is 0 Å². The van der Waals surface area contributed by atoms with E-state index in [0.29, 0.717) is 13.0 Å². The second-order valence-electron chi connectivity index (χ2n) is 3.92. The van der Waals surface area contributed by atoms with E-state index in [1.54, 1.807) is 0 Å². The molecule has 0 fully saturated rings. The summed E-state index contributed by atoms with van der Waals surface area (Å²) >= 11 is 0. The predicted molar refractivity (Wildman–Crippen MR) is 56.4 cm³/mol. The number of carboxylic acid groups (broad SMARTS) is 1. The Bertz CT molecular complexity index is 425. The van der Waals surface area contributed by atoms with Crippen molar-refractivity contribution >= 4 is 11.8 Å². The molecule has 2 rings (SSSR count). The van der Waals surface area contributed by atoms with E-state index in [2.05, 4.69) is 0 Å². The highest BCUT2D eigenvalue weighted by atomic mass is 16.5. The number of ketones is 1. The van der Waals surface area contributed by atoms with Gasteiger partial charge in [-0.1, -0.05) is 18.2 Å². The summed E-state index contributed by atoms with van der Waals surface area (Å²) < 4.78 is 5.47. The second-order valence-corrected chi connectivity index (χ2v) is 3.92. The van der Waals surface area contributed by atoms with Gasteiger partial charge in [0.05, 0.1) is 6.61 Å². The second kappa shape index (κ2) is 4.35. The van der Waals surface area contributed by atoms with Gasteiger partial charge in [0.1, 0.15) is 5.75 Å². The van der Waals surface area contributed by atoms with E-state index in [4.69, 9.17) is 9.84 Å². The molecule has 1 N–H and O–H groups in total. The highest BCUT2D eigenvalue weighted by Crippen LogP contribution is 2.28. The topological polar surface area (TPSA) is 63.6 Å². The standard InChI is InChI=1S/C12H12O4/c13-10(12(14)15)6-8-5-9-3-1-2-4-11(9)16-7-8/h1-4,8H,5-7H2,(H,14,15). The van der Waals surface area contributed by atoms with Crippen LogP contribution in [-0.4, -0.2) is 23.5 Å². The van der Waals surface area contributed by atoms with Crippen LogP contribution in [0.5, 0.6) is 5.75 Å². The minimum absolute atomic E-state index is 0.0292. The van der Waals surface area contributed by atoms with Crippen LogP contribution in [0.25, 0.3) is 0 Å². The van der Waals surface area contributed by atoms with Gasteiger partial charge in [-0.3, -0.25) is 4.79 Å². The van der Waals surface area contributed by atoms with Crippen LogP contribution in [-0.2, 0) is 16.0 Å². The Kier molecular flexibility index (Phi) is 2.90. The summed E-state index contributed by atoms with van der Waals surface area (Å²) in [4.78, 5) is 21.5. The Morgan fingerprint density at radius 1 is 1.38 bits per heavy atom. The average molecular weight is 220 g/mol. The van der Waals surface area contributed by atoms with Crippen LogP contribution in [0.1, 0.15) is 12.0 Å². The number of fused-ring (bicyclic) bond motifs is 1. The summed E-state index contributed by atoms with van der Waals surface area (Å²) in [6, 6.07) is 7.61. The highest BCUT2D eigenvalue weighted by Gasteiger charge is 2.24. The number of para-hydroxylation sites is 1. The van der Waals surface area contributed by atoms with Crippen LogP contribution in [0.15, 0.2) is 24.3 Å². The Hall–Kier alpha value is -1.84. The first-order chi connectivity index (χ1) is 7.66. The molecule has 1 unspecified atom stereocenters. The molecule has 1 atom stereocenters. The van der Waals surface area contributed by atoms with Crippen molar-refractivity contribution in [3.63, 3.8) is 0 Å². The van der Waals surface area contributed by atoms with Crippen molar-refractivity contribution in [1.29, 1.82) is 0 Å². The van der Waals surface area contributed by atoms with Crippen LogP contribution >= 0.6 is 0 Å². The molecule has 1 aliphatic rings. The van der Waals surface area contributed by atoms with E-state index >= 15 is 0 Å². The number of aliphatic carboxylic acids is 1. The molecule has 4 heteroatoms. The lowest BCUT2D eigenvalue weighted by molar-refractivity contribution is -0.149. The molecule has 0 saturated heterocycles. The fourth-order valence-electron chi connectivity index (χ4n) is 1.87. The number of benzene rings is 1. The SMILES string of the molecule is O=C(O)C(=O)CC1COc2ccccc2C1. The number of hydrogen-bond acceptors (Lipinski definition) is 3. The Balaban J connectivity index is 2.03. The van der Waals surface area contributed by atoms with Gasteiger partial charge < -0.3 is 9.84 Å². The van der Waals surface area contributed by atoms with E-state index < -0.39 is 11.8 Å². The molecular formula is C12H12O4. The summed E-state index contributed by atoms with van der Waals surface area (Å²) in [5.41, 5.74) is 1.04. The normalized spacial score (nSPS) is 18.4. The van der Waals surface area contributed by atoms with Crippen LogP contribution in [0, 0.1) is 5.92 Å². The summed E-state index contributed by atoms with van der Waals surface area (Å²) in [6.07, 6.45) is 0.749. The van der Waals surface area contributed by atoms with Gasteiger partial charge in [-0.05, 0) is 18.1 Å². The molecule has 0 radical (unpaired) electrons. The molecular weight excluding hydrogens is 208 g/mol. The van der Waals surface area contributed by atoms with Gasteiger partial charge in [-0.25, -0.2) is 4.79 Å². The van der Waals surface area contributed by atoms with E-state index in [0.717, 1.165) is 11.3 Å². The van der Waals surface area contributed by atoms with Crippen molar-refractivity contribution in [2.45, 2.75) is 12.8 Å². The third-order valence-electron chi connectivity index (χ3n) is 2.67.